The smallest absolute Gasteiger partial charge is 0.165 e. The van der Waals surface area contributed by atoms with E-state index in [1.165, 1.54) is 11.3 Å². The molecule has 0 N–H and O–H groups in total. The van der Waals surface area contributed by atoms with Gasteiger partial charge in [-0.25, -0.2) is 4.98 Å². The van der Waals surface area contributed by atoms with E-state index in [0.29, 0.717) is 13.0 Å². The largest absolute Gasteiger partial charge is 0.374 e. The first-order chi connectivity index (χ1) is 6.33. The molecule has 0 aromatic carbocycles. The van der Waals surface area contributed by atoms with Gasteiger partial charge in [-0.1, -0.05) is 6.92 Å². The average Bonchev–Trinajstić information content (AvgIpc) is 2.57. The highest BCUT2D eigenvalue weighted by Crippen LogP contribution is 2.04. The van der Waals surface area contributed by atoms with Gasteiger partial charge in [0, 0.05) is 18.2 Å². The van der Waals surface area contributed by atoms with Crippen LogP contribution in [0.4, 0.5) is 0 Å². The molecule has 0 aliphatic rings. The standard InChI is InChI=1S/C9H13NO2S/c1-2-4-12-7-8(11)6-9-10-3-5-13-9/h3,5H,2,4,6-7H2,1H3. The van der Waals surface area contributed by atoms with E-state index < -0.39 is 0 Å². The molecule has 1 heterocycles. The molecule has 0 unspecified atom stereocenters. The lowest BCUT2D eigenvalue weighted by molar-refractivity contribution is -0.122. The zero-order valence-electron chi connectivity index (χ0n) is 7.66. The number of aromatic nitrogens is 1. The fraction of sp³-hybridized carbons (Fsp3) is 0.556. The average molecular weight is 199 g/mol. The van der Waals surface area contributed by atoms with Crippen molar-refractivity contribution in [3.8, 4) is 0 Å². The van der Waals surface area contributed by atoms with Crippen LogP contribution in [0.3, 0.4) is 0 Å². The minimum atomic E-state index is 0.100. The summed E-state index contributed by atoms with van der Waals surface area (Å²) in [4.78, 5) is 15.3. The van der Waals surface area contributed by atoms with Gasteiger partial charge in [0.2, 0.25) is 0 Å². The number of carbonyl (C=O) groups is 1. The highest BCUT2D eigenvalue weighted by Gasteiger charge is 2.04. The molecule has 0 atom stereocenters. The van der Waals surface area contributed by atoms with Gasteiger partial charge in [-0.15, -0.1) is 11.3 Å². The fourth-order valence-electron chi connectivity index (χ4n) is 0.890. The Bertz CT molecular complexity index is 246. The van der Waals surface area contributed by atoms with Gasteiger partial charge < -0.3 is 4.74 Å². The molecule has 1 aromatic heterocycles. The molecular weight excluding hydrogens is 186 g/mol. The van der Waals surface area contributed by atoms with Crippen molar-refractivity contribution < 1.29 is 9.53 Å². The van der Waals surface area contributed by atoms with Crippen molar-refractivity contribution in [1.82, 2.24) is 4.98 Å². The molecule has 0 fully saturated rings. The summed E-state index contributed by atoms with van der Waals surface area (Å²) in [6.07, 6.45) is 3.06. The highest BCUT2D eigenvalue weighted by molar-refractivity contribution is 7.09. The number of hydrogen-bond acceptors (Lipinski definition) is 4. The number of ether oxygens (including phenoxy) is 1. The minimum Gasteiger partial charge on any atom is -0.374 e. The Morgan fingerprint density at radius 1 is 1.69 bits per heavy atom. The zero-order valence-corrected chi connectivity index (χ0v) is 8.47. The van der Waals surface area contributed by atoms with E-state index in [0.717, 1.165) is 11.4 Å². The molecule has 0 amide bonds. The Hall–Kier alpha value is -0.740. The molecule has 3 nitrogen and oxygen atoms in total. The van der Waals surface area contributed by atoms with Crippen LogP contribution in [0.25, 0.3) is 0 Å². The molecule has 4 heteroatoms. The topological polar surface area (TPSA) is 39.2 Å². The minimum absolute atomic E-state index is 0.100. The first kappa shape index (κ1) is 10.3. The maximum absolute atomic E-state index is 11.2. The lowest BCUT2D eigenvalue weighted by Crippen LogP contribution is -2.11. The van der Waals surface area contributed by atoms with E-state index in [1.54, 1.807) is 6.20 Å². The van der Waals surface area contributed by atoms with Gasteiger partial charge in [0.05, 0.1) is 11.4 Å². The van der Waals surface area contributed by atoms with E-state index in [2.05, 4.69) is 4.98 Å². The molecule has 0 saturated carbocycles. The Labute approximate surface area is 81.8 Å². The van der Waals surface area contributed by atoms with Crippen LogP contribution in [0.2, 0.25) is 0 Å². The van der Waals surface area contributed by atoms with Gasteiger partial charge in [0.15, 0.2) is 5.78 Å². The third-order valence-electron chi connectivity index (χ3n) is 1.44. The Kier molecular flexibility index (Phi) is 4.64. The van der Waals surface area contributed by atoms with Crippen LogP contribution in [0.1, 0.15) is 18.4 Å². The lowest BCUT2D eigenvalue weighted by atomic mass is 10.3. The second-order valence-electron chi connectivity index (χ2n) is 2.69. The van der Waals surface area contributed by atoms with Crippen molar-refractivity contribution >= 4 is 17.1 Å². The van der Waals surface area contributed by atoms with Gasteiger partial charge in [-0.3, -0.25) is 4.79 Å². The number of ketones is 1. The molecule has 13 heavy (non-hydrogen) atoms. The highest BCUT2D eigenvalue weighted by atomic mass is 32.1. The molecule has 72 valence electrons. The molecular formula is C9H13NO2S. The fourth-order valence-corrected chi connectivity index (χ4v) is 1.54. The third kappa shape index (κ3) is 4.15. The predicted molar refractivity (Wildman–Crippen MR) is 51.9 cm³/mol. The van der Waals surface area contributed by atoms with Crippen LogP contribution >= 0.6 is 11.3 Å². The van der Waals surface area contributed by atoms with Crippen LogP contribution in [0.5, 0.6) is 0 Å². The van der Waals surface area contributed by atoms with Gasteiger partial charge in [-0.2, -0.15) is 0 Å². The normalized spacial score (nSPS) is 10.2. The number of nitrogens with zero attached hydrogens (tertiary/aromatic N) is 1. The van der Waals surface area contributed by atoms with Gasteiger partial charge in [-0.05, 0) is 6.42 Å². The number of hydrogen-bond donors (Lipinski definition) is 0. The van der Waals surface area contributed by atoms with Gasteiger partial charge in [0.25, 0.3) is 0 Å². The van der Waals surface area contributed by atoms with Crippen molar-refractivity contribution in [2.24, 2.45) is 0 Å². The first-order valence-electron chi connectivity index (χ1n) is 4.30. The van der Waals surface area contributed by atoms with E-state index in [4.69, 9.17) is 4.74 Å². The molecule has 0 radical (unpaired) electrons. The monoisotopic (exact) mass is 199 g/mol. The zero-order chi connectivity index (χ0) is 9.52. The number of Topliss-reactive ketones (excluding diaryl/α,β-unsaturated/α-hetero) is 1. The van der Waals surface area contributed by atoms with Crippen molar-refractivity contribution in [3.63, 3.8) is 0 Å². The molecule has 0 bridgehead atoms. The van der Waals surface area contributed by atoms with Crippen molar-refractivity contribution in [1.29, 1.82) is 0 Å². The summed E-state index contributed by atoms with van der Waals surface area (Å²) >= 11 is 1.50. The summed E-state index contributed by atoms with van der Waals surface area (Å²) in [6, 6.07) is 0. The van der Waals surface area contributed by atoms with E-state index in [9.17, 15) is 4.79 Å². The van der Waals surface area contributed by atoms with Crippen LogP contribution < -0.4 is 0 Å². The Morgan fingerprint density at radius 2 is 2.54 bits per heavy atom. The maximum atomic E-state index is 11.2. The molecule has 0 spiro atoms. The van der Waals surface area contributed by atoms with Gasteiger partial charge >= 0.3 is 0 Å². The van der Waals surface area contributed by atoms with Crippen molar-refractivity contribution in [2.75, 3.05) is 13.2 Å². The quantitative estimate of drug-likeness (QED) is 0.654. The Balaban J connectivity index is 2.18. The molecule has 0 aliphatic carbocycles. The number of rotatable bonds is 6. The van der Waals surface area contributed by atoms with Crippen LogP contribution in [0, 0.1) is 0 Å². The van der Waals surface area contributed by atoms with Crippen molar-refractivity contribution in [2.45, 2.75) is 19.8 Å². The molecule has 0 aliphatic heterocycles. The molecule has 1 aromatic rings. The SMILES string of the molecule is CCCOCC(=O)Cc1nccs1. The second-order valence-corrected chi connectivity index (χ2v) is 3.67. The third-order valence-corrected chi connectivity index (χ3v) is 2.22. The summed E-state index contributed by atoms with van der Waals surface area (Å²) in [5.74, 6) is 0.100. The Morgan fingerprint density at radius 3 is 3.15 bits per heavy atom. The summed E-state index contributed by atoms with van der Waals surface area (Å²) in [6.45, 7) is 2.89. The summed E-state index contributed by atoms with van der Waals surface area (Å²) in [7, 11) is 0. The van der Waals surface area contributed by atoms with Crippen molar-refractivity contribution in [3.05, 3.63) is 16.6 Å². The maximum Gasteiger partial charge on any atom is 0.165 e. The summed E-state index contributed by atoms with van der Waals surface area (Å²) < 4.78 is 5.12. The van der Waals surface area contributed by atoms with Crippen LogP contribution in [-0.2, 0) is 16.0 Å². The summed E-state index contributed by atoms with van der Waals surface area (Å²) in [5.41, 5.74) is 0. The van der Waals surface area contributed by atoms with E-state index >= 15 is 0 Å². The first-order valence-corrected chi connectivity index (χ1v) is 5.18. The van der Waals surface area contributed by atoms with Gasteiger partial charge in [0.1, 0.15) is 6.61 Å². The van der Waals surface area contributed by atoms with E-state index in [1.807, 2.05) is 12.3 Å². The number of thiazole rings is 1. The predicted octanol–water partition coefficient (Wildman–Crippen LogP) is 1.68. The molecule has 1 rings (SSSR count). The van der Waals surface area contributed by atoms with Crippen LogP contribution in [0.15, 0.2) is 11.6 Å². The second kappa shape index (κ2) is 5.83. The lowest BCUT2D eigenvalue weighted by Gasteiger charge is -1.99. The van der Waals surface area contributed by atoms with Crippen LogP contribution in [-0.4, -0.2) is 24.0 Å². The number of carbonyl (C=O) groups excluding carboxylic acids is 1. The summed E-state index contributed by atoms with van der Waals surface area (Å²) in [5, 5.41) is 2.74. The van der Waals surface area contributed by atoms with E-state index in [-0.39, 0.29) is 12.4 Å². The molecule has 0 saturated heterocycles.